The van der Waals surface area contributed by atoms with E-state index in [9.17, 15) is 9.59 Å². The van der Waals surface area contributed by atoms with Crippen LogP contribution in [0.5, 0.6) is 0 Å². The highest BCUT2D eigenvalue weighted by atomic mass is 32.2. The third-order valence-electron chi connectivity index (χ3n) is 4.93. The van der Waals surface area contributed by atoms with Gasteiger partial charge >= 0.3 is 6.09 Å². The molecule has 2 aromatic rings. The van der Waals surface area contributed by atoms with Gasteiger partial charge in [0.05, 0.1) is 11.8 Å². The molecule has 1 aromatic heterocycles. The van der Waals surface area contributed by atoms with E-state index in [4.69, 9.17) is 4.74 Å². The van der Waals surface area contributed by atoms with Crippen LogP contribution >= 0.6 is 11.8 Å². The van der Waals surface area contributed by atoms with Gasteiger partial charge in [-0.1, -0.05) is 29.5 Å². The van der Waals surface area contributed by atoms with Crippen molar-refractivity contribution in [1.82, 2.24) is 25.0 Å². The molecule has 2 atom stereocenters. The normalized spacial score (nSPS) is 19.0. The lowest BCUT2D eigenvalue weighted by atomic mass is 10.1. The molecule has 8 nitrogen and oxygen atoms in total. The van der Waals surface area contributed by atoms with Crippen molar-refractivity contribution < 1.29 is 14.3 Å². The van der Waals surface area contributed by atoms with Crippen molar-refractivity contribution >= 4 is 23.8 Å². The van der Waals surface area contributed by atoms with Crippen LogP contribution in [0.4, 0.5) is 4.79 Å². The minimum Gasteiger partial charge on any atom is -0.444 e. The molecule has 0 saturated carbocycles. The summed E-state index contributed by atoms with van der Waals surface area (Å²) in [7, 11) is 0. The van der Waals surface area contributed by atoms with Gasteiger partial charge in [-0.2, -0.15) is 0 Å². The first-order chi connectivity index (χ1) is 14.1. The van der Waals surface area contributed by atoms with E-state index in [1.54, 1.807) is 6.33 Å². The molecular formula is C21H29N5O3S. The molecule has 0 spiro atoms. The monoisotopic (exact) mass is 431 g/mol. The number of alkyl carbamates (subject to hydrolysis) is 1. The number of carbonyl (C=O) groups is 2. The van der Waals surface area contributed by atoms with Crippen LogP contribution in [-0.2, 0) is 9.53 Å². The first-order valence-corrected chi connectivity index (χ1v) is 11.0. The maximum absolute atomic E-state index is 12.8. The van der Waals surface area contributed by atoms with Crippen molar-refractivity contribution in [3.63, 3.8) is 0 Å². The van der Waals surface area contributed by atoms with Crippen molar-refractivity contribution in [3.05, 3.63) is 36.2 Å². The second kappa shape index (κ2) is 9.07. The summed E-state index contributed by atoms with van der Waals surface area (Å²) in [6, 6.07) is 7.84. The van der Waals surface area contributed by atoms with Gasteiger partial charge in [0.15, 0.2) is 5.16 Å². The number of nitrogens with one attached hydrogen (secondary N) is 1. The van der Waals surface area contributed by atoms with Crippen molar-refractivity contribution in [2.75, 3.05) is 12.3 Å². The average molecular weight is 432 g/mol. The van der Waals surface area contributed by atoms with Crippen LogP contribution in [0.25, 0.3) is 5.69 Å². The zero-order chi connectivity index (χ0) is 21.9. The van der Waals surface area contributed by atoms with E-state index >= 15 is 0 Å². The van der Waals surface area contributed by atoms with Gasteiger partial charge in [0.1, 0.15) is 11.9 Å². The Hall–Kier alpha value is -2.55. The van der Waals surface area contributed by atoms with Gasteiger partial charge in [0.2, 0.25) is 5.91 Å². The molecule has 1 fully saturated rings. The highest BCUT2D eigenvalue weighted by Crippen LogP contribution is 2.23. The number of aromatic nitrogens is 3. The number of hydrogen-bond acceptors (Lipinski definition) is 6. The number of nitrogens with zero attached hydrogens (tertiary/aromatic N) is 4. The van der Waals surface area contributed by atoms with Crippen molar-refractivity contribution in [3.8, 4) is 5.69 Å². The van der Waals surface area contributed by atoms with E-state index in [2.05, 4.69) is 15.5 Å². The molecule has 0 radical (unpaired) electrons. The Labute approximate surface area is 181 Å². The predicted octanol–water partition coefficient (Wildman–Crippen LogP) is 3.18. The van der Waals surface area contributed by atoms with E-state index < -0.39 is 11.7 Å². The molecule has 2 amide bonds. The molecular weight excluding hydrogens is 402 g/mol. The standard InChI is InChI=1S/C21H29N5O3S/c1-14-6-8-16(9-7-14)26-13-22-24-19(26)30-12-18(27)25-11-10-17(15(25)2)23-20(28)29-21(3,4)5/h6-9,13,15,17H,10-12H2,1-5H3,(H,23,28)/t15-,17-/m0/s1. The number of aryl methyl sites for hydroxylation is 1. The first-order valence-electron chi connectivity index (χ1n) is 10.0. The Morgan fingerprint density at radius 3 is 2.63 bits per heavy atom. The Morgan fingerprint density at radius 2 is 1.97 bits per heavy atom. The maximum Gasteiger partial charge on any atom is 0.407 e. The zero-order valence-electron chi connectivity index (χ0n) is 18.1. The van der Waals surface area contributed by atoms with Gasteiger partial charge < -0.3 is 15.0 Å². The number of likely N-dealkylation sites (tertiary alicyclic amines) is 1. The Bertz CT molecular complexity index is 891. The van der Waals surface area contributed by atoms with Crippen LogP contribution in [-0.4, -0.2) is 61.6 Å². The number of thioether (sulfide) groups is 1. The fourth-order valence-electron chi connectivity index (χ4n) is 3.36. The summed E-state index contributed by atoms with van der Waals surface area (Å²) in [5, 5.41) is 11.7. The van der Waals surface area contributed by atoms with Gasteiger partial charge in [-0.15, -0.1) is 10.2 Å². The molecule has 2 heterocycles. The summed E-state index contributed by atoms with van der Waals surface area (Å²) in [4.78, 5) is 26.7. The van der Waals surface area contributed by atoms with Crippen molar-refractivity contribution in [2.24, 2.45) is 0 Å². The van der Waals surface area contributed by atoms with Gasteiger partial charge in [0.25, 0.3) is 0 Å². The minimum absolute atomic E-state index is 0.0134. The molecule has 0 aliphatic carbocycles. The van der Waals surface area contributed by atoms with Gasteiger partial charge in [-0.3, -0.25) is 9.36 Å². The molecule has 1 aliphatic rings. The molecule has 3 rings (SSSR count). The molecule has 1 saturated heterocycles. The lowest BCUT2D eigenvalue weighted by molar-refractivity contribution is -0.129. The molecule has 162 valence electrons. The van der Waals surface area contributed by atoms with Crippen LogP contribution in [0.1, 0.15) is 39.7 Å². The number of carbonyl (C=O) groups excluding carboxylic acids is 2. The zero-order valence-corrected chi connectivity index (χ0v) is 18.9. The lowest BCUT2D eigenvalue weighted by Gasteiger charge is -2.26. The van der Waals surface area contributed by atoms with Crippen LogP contribution in [0.2, 0.25) is 0 Å². The van der Waals surface area contributed by atoms with Crippen molar-refractivity contribution in [2.45, 2.75) is 63.9 Å². The Morgan fingerprint density at radius 1 is 1.27 bits per heavy atom. The van der Waals surface area contributed by atoms with Gasteiger partial charge in [-0.05, 0) is 53.2 Å². The number of hydrogen-bond donors (Lipinski definition) is 1. The average Bonchev–Trinajstić information content (AvgIpc) is 3.26. The highest BCUT2D eigenvalue weighted by molar-refractivity contribution is 7.99. The van der Waals surface area contributed by atoms with Crippen LogP contribution in [0, 0.1) is 6.92 Å². The quantitative estimate of drug-likeness (QED) is 0.732. The molecule has 9 heteroatoms. The second-order valence-electron chi connectivity index (χ2n) is 8.48. The summed E-state index contributed by atoms with van der Waals surface area (Å²) in [5.74, 6) is 0.271. The van der Waals surface area contributed by atoms with E-state index in [1.165, 1.54) is 17.3 Å². The minimum atomic E-state index is -0.550. The summed E-state index contributed by atoms with van der Waals surface area (Å²) in [6.07, 6.45) is 1.90. The number of rotatable bonds is 5. The molecule has 0 bridgehead atoms. The van der Waals surface area contributed by atoms with E-state index in [0.717, 1.165) is 5.69 Å². The summed E-state index contributed by atoms with van der Waals surface area (Å²) in [6.45, 7) is 10.1. The Balaban J connectivity index is 1.56. The summed E-state index contributed by atoms with van der Waals surface area (Å²) >= 11 is 1.36. The van der Waals surface area contributed by atoms with Gasteiger partial charge in [0, 0.05) is 18.3 Å². The number of benzene rings is 1. The van der Waals surface area contributed by atoms with Crippen molar-refractivity contribution in [1.29, 1.82) is 0 Å². The fourth-order valence-corrected chi connectivity index (χ4v) is 4.17. The fraction of sp³-hybridized carbons (Fsp3) is 0.524. The van der Waals surface area contributed by atoms with Crippen LogP contribution in [0.15, 0.2) is 35.7 Å². The van der Waals surface area contributed by atoms with Crippen LogP contribution in [0.3, 0.4) is 0 Å². The highest BCUT2D eigenvalue weighted by Gasteiger charge is 2.35. The SMILES string of the molecule is Cc1ccc(-n2cnnc2SCC(=O)N2CC[C@H](NC(=O)OC(C)(C)C)[C@@H]2C)cc1. The molecule has 1 aliphatic heterocycles. The predicted molar refractivity (Wildman–Crippen MR) is 116 cm³/mol. The van der Waals surface area contributed by atoms with E-state index in [-0.39, 0.29) is 23.7 Å². The Kier molecular flexibility index (Phi) is 6.70. The molecule has 1 aromatic carbocycles. The summed E-state index contributed by atoms with van der Waals surface area (Å²) < 4.78 is 7.20. The second-order valence-corrected chi connectivity index (χ2v) is 9.42. The van der Waals surface area contributed by atoms with Crippen LogP contribution < -0.4 is 5.32 Å². The smallest absolute Gasteiger partial charge is 0.407 e. The van der Waals surface area contributed by atoms with Gasteiger partial charge in [-0.25, -0.2) is 4.79 Å². The topological polar surface area (TPSA) is 89.4 Å². The van der Waals surface area contributed by atoms with E-state index in [1.807, 2.05) is 68.4 Å². The number of amides is 2. The number of ether oxygens (including phenoxy) is 1. The third kappa shape index (κ3) is 5.53. The third-order valence-corrected chi connectivity index (χ3v) is 5.86. The van der Waals surface area contributed by atoms with E-state index in [0.29, 0.717) is 18.1 Å². The summed E-state index contributed by atoms with van der Waals surface area (Å²) in [5.41, 5.74) is 1.58. The molecule has 30 heavy (non-hydrogen) atoms. The largest absolute Gasteiger partial charge is 0.444 e. The molecule has 1 N–H and O–H groups in total. The maximum atomic E-state index is 12.8. The molecule has 0 unspecified atom stereocenters. The first kappa shape index (κ1) is 22.1. The lowest BCUT2D eigenvalue weighted by Crippen LogP contribution is -2.46.